The van der Waals surface area contributed by atoms with Gasteiger partial charge in [0.15, 0.2) is 0 Å². The zero-order valence-corrected chi connectivity index (χ0v) is 14.6. The molecular weight excluding hydrogens is 316 g/mol. The van der Waals surface area contributed by atoms with Gasteiger partial charge in [-0.2, -0.15) is 0 Å². The Morgan fingerprint density at radius 2 is 1.91 bits per heavy atom. The van der Waals surface area contributed by atoms with Gasteiger partial charge in [-0.15, -0.1) is 12.4 Å². The highest BCUT2D eigenvalue weighted by atomic mass is 35.5. The summed E-state index contributed by atoms with van der Waals surface area (Å²) in [7, 11) is 0. The minimum Gasteiger partial charge on any atom is -0.336 e. The lowest BCUT2D eigenvalue weighted by Crippen LogP contribution is -2.52. The summed E-state index contributed by atoms with van der Waals surface area (Å²) in [5.74, 6) is 0.0344. The standard InChI is InChI=1S/C16H24N4O2.ClH/c1-11(2)18-16(22)19-14-6-4-13(5-7-14)15(21)20-9-8-17-10-12(20)3;/h4-7,11-12,17H,8-10H2,1-3H3,(H2,18,19,22);1H/t12-;/m0./s1. The molecule has 1 fully saturated rings. The maximum absolute atomic E-state index is 12.5. The molecule has 2 rings (SSSR count). The fourth-order valence-electron chi connectivity index (χ4n) is 2.43. The van der Waals surface area contributed by atoms with Crippen LogP contribution in [0.1, 0.15) is 31.1 Å². The molecule has 128 valence electrons. The molecule has 7 heteroatoms. The molecule has 1 atom stereocenters. The van der Waals surface area contributed by atoms with Gasteiger partial charge in [0.25, 0.3) is 5.91 Å². The van der Waals surface area contributed by atoms with Crippen molar-refractivity contribution in [2.45, 2.75) is 32.9 Å². The molecule has 1 aromatic carbocycles. The normalized spacial score (nSPS) is 17.4. The molecule has 0 radical (unpaired) electrons. The fraction of sp³-hybridized carbons (Fsp3) is 0.500. The number of hydrogen-bond acceptors (Lipinski definition) is 3. The SMILES string of the molecule is CC(C)NC(=O)Nc1ccc(C(=O)N2CCNC[C@@H]2C)cc1.Cl. The zero-order chi connectivity index (χ0) is 16.1. The summed E-state index contributed by atoms with van der Waals surface area (Å²) in [4.78, 5) is 26.0. The zero-order valence-electron chi connectivity index (χ0n) is 13.8. The van der Waals surface area contributed by atoms with Crippen LogP contribution in [0.2, 0.25) is 0 Å². The van der Waals surface area contributed by atoms with E-state index in [1.807, 2.05) is 25.7 Å². The van der Waals surface area contributed by atoms with Gasteiger partial charge in [0.2, 0.25) is 0 Å². The predicted octanol–water partition coefficient (Wildman–Crippen LogP) is 2.07. The van der Waals surface area contributed by atoms with Crippen molar-refractivity contribution in [3.8, 4) is 0 Å². The molecule has 1 aliphatic rings. The highest BCUT2D eigenvalue weighted by Gasteiger charge is 2.23. The third kappa shape index (κ3) is 5.41. The molecule has 0 aromatic heterocycles. The first-order valence-corrected chi connectivity index (χ1v) is 7.66. The van der Waals surface area contributed by atoms with Gasteiger partial charge in [0.05, 0.1) is 0 Å². The molecule has 6 nitrogen and oxygen atoms in total. The summed E-state index contributed by atoms with van der Waals surface area (Å²) in [5.41, 5.74) is 1.31. The number of piperazine rings is 1. The number of halogens is 1. The molecule has 0 aliphatic carbocycles. The molecule has 0 bridgehead atoms. The summed E-state index contributed by atoms with van der Waals surface area (Å²) in [6, 6.07) is 7.03. The Hall–Kier alpha value is -1.79. The van der Waals surface area contributed by atoms with Crippen LogP contribution in [0.3, 0.4) is 0 Å². The monoisotopic (exact) mass is 340 g/mol. The maximum Gasteiger partial charge on any atom is 0.319 e. The number of carbonyl (C=O) groups is 2. The van der Waals surface area contributed by atoms with Crippen molar-refractivity contribution in [2.24, 2.45) is 0 Å². The molecule has 3 amide bonds. The van der Waals surface area contributed by atoms with E-state index < -0.39 is 0 Å². The predicted molar refractivity (Wildman–Crippen MR) is 94.3 cm³/mol. The number of hydrogen-bond donors (Lipinski definition) is 3. The number of amides is 3. The lowest BCUT2D eigenvalue weighted by Gasteiger charge is -2.34. The van der Waals surface area contributed by atoms with Gasteiger partial charge in [0, 0.05) is 43.0 Å². The maximum atomic E-state index is 12.5. The third-order valence-electron chi connectivity index (χ3n) is 3.57. The van der Waals surface area contributed by atoms with Crippen molar-refractivity contribution in [1.29, 1.82) is 0 Å². The van der Waals surface area contributed by atoms with Crippen molar-refractivity contribution in [1.82, 2.24) is 15.5 Å². The van der Waals surface area contributed by atoms with E-state index in [4.69, 9.17) is 0 Å². The molecule has 1 aliphatic heterocycles. The first kappa shape index (κ1) is 19.3. The second-order valence-corrected chi connectivity index (χ2v) is 5.88. The lowest BCUT2D eigenvalue weighted by molar-refractivity contribution is 0.0656. The Morgan fingerprint density at radius 1 is 1.26 bits per heavy atom. The summed E-state index contributed by atoms with van der Waals surface area (Å²) in [6.45, 7) is 8.20. The Labute approximate surface area is 143 Å². The Balaban J connectivity index is 0.00000264. The van der Waals surface area contributed by atoms with Crippen molar-refractivity contribution in [3.05, 3.63) is 29.8 Å². The first-order valence-electron chi connectivity index (χ1n) is 7.66. The van der Waals surface area contributed by atoms with Gasteiger partial charge in [-0.3, -0.25) is 4.79 Å². The topological polar surface area (TPSA) is 73.5 Å². The smallest absolute Gasteiger partial charge is 0.319 e. The molecule has 23 heavy (non-hydrogen) atoms. The number of nitrogens with zero attached hydrogens (tertiary/aromatic N) is 1. The van der Waals surface area contributed by atoms with E-state index in [0.717, 1.165) is 19.6 Å². The minimum absolute atomic E-state index is 0. The van der Waals surface area contributed by atoms with Crippen LogP contribution in [-0.2, 0) is 0 Å². The number of nitrogens with one attached hydrogen (secondary N) is 3. The Bertz CT molecular complexity index is 533. The van der Waals surface area contributed by atoms with Gasteiger partial charge in [-0.25, -0.2) is 4.79 Å². The van der Waals surface area contributed by atoms with Gasteiger partial charge >= 0.3 is 6.03 Å². The van der Waals surface area contributed by atoms with Crippen LogP contribution in [0.5, 0.6) is 0 Å². The highest BCUT2D eigenvalue weighted by molar-refractivity contribution is 5.95. The van der Waals surface area contributed by atoms with Gasteiger partial charge in [-0.05, 0) is 45.0 Å². The fourth-order valence-corrected chi connectivity index (χ4v) is 2.43. The lowest BCUT2D eigenvalue weighted by atomic mass is 10.1. The number of urea groups is 1. The van der Waals surface area contributed by atoms with E-state index in [1.165, 1.54) is 0 Å². The van der Waals surface area contributed by atoms with E-state index in [2.05, 4.69) is 16.0 Å². The molecule has 1 saturated heterocycles. The second-order valence-electron chi connectivity index (χ2n) is 5.88. The van der Waals surface area contributed by atoms with E-state index in [0.29, 0.717) is 11.3 Å². The highest BCUT2D eigenvalue weighted by Crippen LogP contribution is 2.14. The molecule has 1 heterocycles. The van der Waals surface area contributed by atoms with Crippen LogP contribution in [-0.4, -0.2) is 48.6 Å². The van der Waals surface area contributed by atoms with Gasteiger partial charge in [0.1, 0.15) is 0 Å². The average molecular weight is 341 g/mol. The van der Waals surface area contributed by atoms with Crippen molar-refractivity contribution in [2.75, 3.05) is 25.0 Å². The van der Waals surface area contributed by atoms with E-state index in [1.54, 1.807) is 24.3 Å². The summed E-state index contributed by atoms with van der Waals surface area (Å²) >= 11 is 0. The van der Waals surface area contributed by atoms with E-state index in [-0.39, 0.29) is 36.4 Å². The van der Waals surface area contributed by atoms with Crippen LogP contribution in [0.15, 0.2) is 24.3 Å². The summed E-state index contributed by atoms with van der Waals surface area (Å²) in [5, 5.41) is 8.77. The van der Waals surface area contributed by atoms with Crippen LogP contribution >= 0.6 is 12.4 Å². The molecule has 3 N–H and O–H groups in total. The van der Waals surface area contributed by atoms with E-state index in [9.17, 15) is 9.59 Å². The molecule has 0 spiro atoms. The molecule has 0 saturated carbocycles. The molecule has 0 unspecified atom stereocenters. The third-order valence-corrected chi connectivity index (χ3v) is 3.57. The quantitative estimate of drug-likeness (QED) is 0.788. The van der Waals surface area contributed by atoms with Crippen LogP contribution in [0, 0.1) is 0 Å². The summed E-state index contributed by atoms with van der Waals surface area (Å²) in [6.07, 6.45) is 0. The Kier molecular flexibility index (Phi) is 7.32. The average Bonchev–Trinajstić information content (AvgIpc) is 2.47. The van der Waals surface area contributed by atoms with Crippen molar-refractivity contribution in [3.63, 3.8) is 0 Å². The van der Waals surface area contributed by atoms with E-state index >= 15 is 0 Å². The van der Waals surface area contributed by atoms with Gasteiger partial charge < -0.3 is 20.9 Å². The Morgan fingerprint density at radius 3 is 2.48 bits per heavy atom. The van der Waals surface area contributed by atoms with Crippen LogP contribution in [0.4, 0.5) is 10.5 Å². The van der Waals surface area contributed by atoms with Crippen molar-refractivity contribution >= 4 is 30.0 Å². The number of carbonyl (C=O) groups excluding carboxylic acids is 2. The van der Waals surface area contributed by atoms with Crippen molar-refractivity contribution < 1.29 is 9.59 Å². The number of benzene rings is 1. The minimum atomic E-state index is -0.246. The molecule has 1 aromatic rings. The van der Waals surface area contributed by atoms with Crippen LogP contribution in [0.25, 0.3) is 0 Å². The van der Waals surface area contributed by atoms with Crippen LogP contribution < -0.4 is 16.0 Å². The summed E-state index contributed by atoms with van der Waals surface area (Å²) < 4.78 is 0. The first-order chi connectivity index (χ1) is 10.5. The number of anilines is 1. The number of rotatable bonds is 3. The van der Waals surface area contributed by atoms with Gasteiger partial charge in [-0.1, -0.05) is 0 Å². The largest absolute Gasteiger partial charge is 0.336 e. The molecular formula is C16H25ClN4O2. The second kappa shape index (κ2) is 8.74.